The van der Waals surface area contributed by atoms with E-state index in [4.69, 9.17) is 5.73 Å². The summed E-state index contributed by atoms with van der Waals surface area (Å²) in [5.41, 5.74) is 6.73. The lowest BCUT2D eigenvalue weighted by atomic mass is 10.2. The molecule has 1 aromatic carbocycles. The number of benzene rings is 1. The zero-order valence-corrected chi connectivity index (χ0v) is 13.4. The van der Waals surface area contributed by atoms with Crippen molar-refractivity contribution in [3.8, 4) is 0 Å². The highest BCUT2D eigenvalue weighted by molar-refractivity contribution is 9.10. The fraction of sp³-hybridized carbons (Fsp3) is 0.462. The lowest BCUT2D eigenvalue weighted by Crippen LogP contribution is -2.42. The normalized spacial score (nSPS) is 11.3. The van der Waals surface area contributed by atoms with Gasteiger partial charge in [0.1, 0.15) is 0 Å². The number of nitrogens with one attached hydrogen (secondary N) is 2. The van der Waals surface area contributed by atoms with Crippen molar-refractivity contribution in [1.82, 2.24) is 5.32 Å². The Kier molecular flexibility index (Phi) is 9.65. The predicted molar refractivity (Wildman–Crippen MR) is 85.8 cm³/mol. The van der Waals surface area contributed by atoms with Gasteiger partial charge in [0.05, 0.1) is 6.04 Å². The van der Waals surface area contributed by atoms with Crippen LogP contribution >= 0.6 is 28.3 Å². The first-order chi connectivity index (χ1) is 8.63. The summed E-state index contributed by atoms with van der Waals surface area (Å²) in [5, 5.41) is 6.04. The molecule has 1 amide bonds. The first-order valence-electron chi connectivity index (χ1n) is 6.16. The molecule has 1 aromatic rings. The highest BCUT2D eigenvalue weighted by Crippen LogP contribution is 2.14. The molecule has 0 saturated heterocycles. The number of amides is 1. The van der Waals surface area contributed by atoms with Crippen molar-refractivity contribution in [2.24, 2.45) is 5.73 Å². The van der Waals surface area contributed by atoms with Crippen LogP contribution in [0.25, 0.3) is 0 Å². The number of rotatable bonds is 7. The molecule has 0 spiro atoms. The van der Waals surface area contributed by atoms with Gasteiger partial charge in [-0.15, -0.1) is 12.4 Å². The van der Waals surface area contributed by atoms with E-state index in [9.17, 15) is 4.79 Å². The summed E-state index contributed by atoms with van der Waals surface area (Å²) in [6.07, 6.45) is 1.65. The van der Waals surface area contributed by atoms with E-state index in [1.54, 1.807) is 0 Å². The molecular formula is C13H21BrClN3O. The van der Waals surface area contributed by atoms with Gasteiger partial charge in [0.15, 0.2) is 0 Å². The lowest BCUT2D eigenvalue weighted by molar-refractivity contribution is -0.122. The van der Waals surface area contributed by atoms with Gasteiger partial charge in [-0.2, -0.15) is 0 Å². The van der Waals surface area contributed by atoms with Gasteiger partial charge in [0, 0.05) is 23.2 Å². The fourth-order valence-corrected chi connectivity index (χ4v) is 1.96. The number of hydrogen-bond donors (Lipinski definition) is 3. The second kappa shape index (κ2) is 10.1. The molecule has 0 bridgehead atoms. The van der Waals surface area contributed by atoms with Crippen molar-refractivity contribution in [2.75, 3.05) is 18.4 Å². The van der Waals surface area contributed by atoms with Gasteiger partial charge in [-0.3, -0.25) is 4.79 Å². The van der Waals surface area contributed by atoms with Crippen LogP contribution in [0.15, 0.2) is 28.7 Å². The Morgan fingerprint density at radius 3 is 2.79 bits per heavy atom. The molecule has 0 fully saturated rings. The van der Waals surface area contributed by atoms with Crippen molar-refractivity contribution in [1.29, 1.82) is 0 Å². The van der Waals surface area contributed by atoms with Gasteiger partial charge in [-0.25, -0.2) is 0 Å². The molecule has 6 heteroatoms. The second-order valence-corrected chi connectivity index (χ2v) is 5.04. The molecule has 4 N–H and O–H groups in total. The quantitative estimate of drug-likeness (QED) is 0.662. The van der Waals surface area contributed by atoms with E-state index in [1.807, 2.05) is 31.2 Å². The van der Waals surface area contributed by atoms with Gasteiger partial charge < -0.3 is 16.4 Å². The minimum absolute atomic E-state index is 0. The third-order valence-electron chi connectivity index (χ3n) is 2.51. The molecule has 108 valence electrons. The van der Waals surface area contributed by atoms with E-state index in [2.05, 4.69) is 26.6 Å². The molecule has 0 aliphatic heterocycles. The molecule has 0 saturated carbocycles. The number of carbonyl (C=O) groups excluding carboxylic acids is 1. The maximum Gasteiger partial charge on any atom is 0.236 e. The summed E-state index contributed by atoms with van der Waals surface area (Å²) in [7, 11) is 0. The van der Waals surface area contributed by atoms with Crippen LogP contribution in [0.1, 0.15) is 19.8 Å². The monoisotopic (exact) mass is 349 g/mol. The topological polar surface area (TPSA) is 67.2 Å². The second-order valence-electron chi connectivity index (χ2n) is 4.12. The van der Waals surface area contributed by atoms with Crippen molar-refractivity contribution >= 4 is 39.9 Å². The Bertz CT molecular complexity index is 390. The maximum atomic E-state index is 11.5. The van der Waals surface area contributed by atoms with Crippen LogP contribution in [-0.4, -0.2) is 25.0 Å². The van der Waals surface area contributed by atoms with Crippen LogP contribution in [0.5, 0.6) is 0 Å². The van der Waals surface area contributed by atoms with Crippen LogP contribution in [-0.2, 0) is 4.79 Å². The zero-order valence-electron chi connectivity index (χ0n) is 11.0. The number of carbonyl (C=O) groups is 1. The molecule has 0 aliphatic rings. The Balaban J connectivity index is 0.00000324. The summed E-state index contributed by atoms with van der Waals surface area (Å²) < 4.78 is 1.03. The molecule has 0 radical (unpaired) electrons. The molecule has 0 aromatic heterocycles. The SMILES string of the molecule is CCCC(N)C(=O)NCCNc1cccc(Br)c1.Cl. The van der Waals surface area contributed by atoms with E-state index < -0.39 is 0 Å². The van der Waals surface area contributed by atoms with Crippen molar-refractivity contribution in [3.63, 3.8) is 0 Å². The Morgan fingerprint density at radius 1 is 1.42 bits per heavy atom. The summed E-state index contributed by atoms with van der Waals surface area (Å²) in [6.45, 7) is 3.27. The molecular weight excluding hydrogens is 330 g/mol. The third-order valence-corrected chi connectivity index (χ3v) is 3.01. The van der Waals surface area contributed by atoms with Crippen LogP contribution in [0.2, 0.25) is 0 Å². The summed E-state index contributed by atoms with van der Waals surface area (Å²) in [5.74, 6) is -0.0760. The summed E-state index contributed by atoms with van der Waals surface area (Å²) in [6, 6.07) is 7.51. The molecule has 4 nitrogen and oxygen atoms in total. The largest absolute Gasteiger partial charge is 0.383 e. The van der Waals surface area contributed by atoms with E-state index in [-0.39, 0.29) is 24.4 Å². The van der Waals surface area contributed by atoms with E-state index >= 15 is 0 Å². The zero-order chi connectivity index (χ0) is 13.4. The molecule has 1 rings (SSSR count). The average molecular weight is 351 g/mol. The first kappa shape index (κ1) is 18.2. The maximum absolute atomic E-state index is 11.5. The van der Waals surface area contributed by atoms with Gasteiger partial charge in [0.2, 0.25) is 5.91 Å². The van der Waals surface area contributed by atoms with E-state index in [0.29, 0.717) is 13.1 Å². The van der Waals surface area contributed by atoms with Gasteiger partial charge in [0.25, 0.3) is 0 Å². The van der Waals surface area contributed by atoms with E-state index in [0.717, 1.165) is 23.0 Å². The number of halogens is 2. The number of anilines is 1. The number of nitrogens with two attached hydrogens (primary N) is 1. The Labute approximate surface area is 129 Å². The van der Waals surface area contributed by atoms with Crippen molar-refractivity contribution < 1.29 is 4.79 Å². The standard InChI is InChI=1S/C13H20BrN3O.ClH/c1-2-4-12(15)13(18)17-8-7-16-11-6-3-5-10(14)9-11;/h3,5-6,9,12,16H,2,4,7-8,15H2,1H3,(H,17,18);1H. The van der Waals surface area contributed by atoms with Crippen LogP contribution in [0, 0.1) is 0 Å². The first-order valence-corrected chi connectivity index (χ1v) is 6.95. The Hall–Kier alpha value is -0.780. The summed E-state index contributed by atoms with van der Waals surface area (Å²) in [4.78, 5) is 11.5. The lowest BCUT2D eigenvalue weighted by Gasteiger charge is -2.12. The van der Waals surface area contributed by atoms with Crippen LogP contribution < -0.4 is 16.4 Å². The number of hydrogen-bond acceptors (Lipinski definition) is 3. The molecule has 19 heavy (non-hydrogen) atoms. The third kappa shape index (κ3) is 7.40. The van der Waals surface area contributed by atoms with E-state index in [1.165, 1.54) is 0 Å². The van der Waals surface area contributed by atoms with Crippen molar-refractivity contribution in [2.45, 2.75) is 25.8 Å². The average Bonchev–Trinajstić information content (AvgIpc) is 2.35. The smallest absolute Gasteiger partial charge is 0.236 e. The predicted octanol–water partition coefficient (Wildman–Crippen LogP) is 2.53. The molecule has 1 atom stereocenters. The van der Waals surface area contributed by atoms with Crippen LogP contribution in [0.3, 0.4) is 0 Å². The minimum Gasteiger partial charge on any atom is -0.383 e. The van der Waals surface area contributed by atoms with Gasteiger partial charge in [-0.05, 0) is 24.6 Å². The van der Waals surface area contributed by atoms with Gasteiger partial charge >= 0.3 is 0 Å². The summed E-state index contributed by atoms with van der Waals surface area (Å²) >= 11 is 3.40. The highest BCUT2D eigenvalue weighted by atomic mass is 79.9. The molecule has 1 unspecified atom stereocenters. The van der Waals surface area contributed by atoms with Crippen molar-refractivity contribution in [3.05, 3.63) is 28.7 Å². The van der Waals surface area contributed by atoms with Gasteiger partial charge in [-0.1, -0.05) is 35.3 Å². The van der Waals surface area contributed by atoms with Crippen LogP contribution in [0.4, 0.5) is 5.69 Å². The fourth-order valence-electron chi connectivity index (χ4n) is 1.56. The molecule has 0 aliphatic carbocycles. The minimum atomic E-state index is -0.388. The molecule has 0 heterocycles. The highest BCUT2D eigenvalue weighted by Gasteiger charge is 2.10. The Morgan fingerprint density at radius 2 is 2.16 bits per heavy atom.